The Balaban J connectivity index is 1.51. The van der Waals surface area contributed by atoms with E-state index in [0.29, 0.717) is 24.2 Å². The number of rotatable bonds is 3. The second-order valence-corrected chi connectivity index (χ2v) is 9.37. The van der Waals surface area contributed by atoms with E-state index in [-0.39, 0.29) is 23.5 Å². The van der Waals surface area contributed by atoms with E-state index in [1.807, 2.05) is 41.3 Å². The number of carbonyl (C=O) groups excluding carboxylic acids is 2. The van der Waals surface area contributed by atoms with Gasteiger partial charge in [0.05, 0.1) is 17.6 Å². The predicted molar refractivity (Wildman–Crippen MR) is 127 cm³/mol. The first-order chi connectivity index (χ1) is 16.1. The molecule has 5 nitrogen and oxygen atoms in total. The van der Waals surface area contributed by atoms with Gasteiger partial charge >= 0.3 is 0 Å². The highest BCUT2D eigenvalue weighted by atomic mass is 16.3. The lowest BCUT2D eigenvalue weighted by atomic mass is 9.79. The fourth-order valence-corrected chi connectivity index (χ4v) is 5.15. The molecule has 166 valence electrons. The van der Waals surface area contributed by atoms with E-state index in [4.69, 9.17) is 4.42 Å². The molecule has 6 rings (SSSR count). The van der Waals surface area contributed by atoms with E-state index < -0.39 is 6.04 Å². The molecule has 0 spiro atoms. The number of hydrogen-bond acceptors (Lipinski definition) is 4. The maximum absolute atomic E-state index is 13.8. The van der Waals surface area contributed by atoms with Crippen LogP contribution < -0.4 is 10.2 Å². The minimum absolute atomic E-state index is 0.0108. The summed E-state index contributed by atoms with van der Waals surface area (Å²) >= 11 is 0. The largest absolute Gasteiger partial charge is 0.467 e. The van der Waals surface area contributed by atoms with Crippen LogP contribution in [-0.4, -0.2) is 11.7 Å². The van der Waals surface area contributed by atoms with Crippen LogP contribution in [0, 0.1) is 12.8 Å². The van der Waals surface area contributed by atoms with Gasteiger partial charge in [-0.2, -0.15) is 0 Å². The second kappa shape index (κ2) is 7.77. The Kier molecular flexibility index (Phi) is 4.72. The standard InChI is InChI=1S/C28H26N2O3/c1-17-8-10-18(11-9-17)20-15-22-26(24(31)16-20)27(25-7-4-14-33-25)30(28(32)19-12-13-19)23-6-3-2-5-21(23)29-22/h2-11,14,19-20,27,29H,12-13,15-16H2,1H3/t20-,27-/m0/s1. The Morgan fingerprint density at radius 1 is 1.00 bits per heavy atom. The summed E-state index contributed by atoms with van der Waals surface area (Å²) in [5.41, 5.74) is 5.56. The van der Waals surface area contributed by atoms with Crippen molar-refractivity contribution in [3.8, 4) is 0 Å². The zero-order chi connectivity index (χ0) is 22.5. The average Bonchev–Trinajstić information content (AvgIpc) is 3.56. The third-order valence-electron chi connectivity index (χ3n) is 7.01. The van der Waals surface area contributed by atoms with Crippen molar-refractivity contribution in [3.05, 3.63) is 95.1 Å². The van der Waals surface area contributed by atoms with Crippen molar-refractivity contribution >= 4 is 23.1 Å². The summed E-state index contributed by atoms with van der Waals surface area (Å²) in [6.07, 6.45) is 4.53. The number of anilines is 2. The number of aryl methyl sites for hydroxylation is 1. The third-order valence-corrected chi connectivity index (χ3v) is 7.01. The van der Waals surface area contributed by atoms with Crippen LogP contribution in [0.3, 0.4) is 0 Å². The summed E-state index contributed by atoms with van der Waals surface area (Å²) in [5.74, 6) is 0.859. The molecular weight excluding hydrogens is 412 g/mol. The molecule has 1 fully saturated rings. The van der Waals surface area contributed by atoms with Gasteiger partial charge in [0, 0.05) is 23.6 Å². The Bertz CT molecular complexity index is 1250. The van der Waals surface area contributed by atoms with Crippen LogP contribution in [0.25, 0.3) is 0 Å². The van der Waals surface area contributed by atoms with E-state index >= 15 is 0 Å². The summed E-state index contributed by atoms with van der Waals surface area (Å²) < 4.78 is 5.84. The first-order valence-corrected chi connectivity index (χ1v) is 11.7. The van der Waals surface area contributed by atoms with E-state index in [9.17, 15) is 9.59 Å². The molecule has 0 unspecified atom stereocenters. The van der Waals surface area contributed by atoms with Crippen molar-refractivity contribution in [2.45, 2.75) is 44.6 Å². The number of benzene rings is 2. The molecule has 0 radical (unpaired) electrons. The SMILES string of the molecule is Cc1ccc([C@@H]2CC(=O)C3=C(C2)Nc2ccccc2N(C(=O)C2CC2)[C@H]3c2ccco2)cc1. The van der Waals surface area contributed by atoms with Gasteiger partial charge in [0.15, 0.2) is 5.78 Å². The van der Waals surface area contributed by atoms with Crippen LogP contribution in [0.15, 0.2) is 82.6 Å². The van der Waals surface area contributed by atoms with Gasteiger partial charge in [0.2, 0.25) is 5.91 Å². The number of Topliss-reactive ketones (excluding diaryl/α,β-unsaturated/α-hetero) is 1. The number of carbonyl (C=O) groups is 2. The molecule has 33 heavy (non-hydrogen) atoms. The van der Waals surface area contributed by atoms with Crippen molar-refractivity contribution in [2.24, 2.45) is 5.92 Å². The summed E-state index contributed by atoms with van der Waals surface area (Å²) in [4.78, 5) is 29.2. The molecule has 1 N–H and O–H groups in total. The topological polar surface area (TPSA) is 62.6 Å². The van der Waals surface area contributed by atoms with Crippen LogP contribution >= 0.6 is 0 Å². The number of nitrogens with zero attached hydrogens (tertiary/aromatic N) is 1. The summed E-state index contributed by atoms with van der Waals surface area (Å²) in [5, 5.41) is 3.56. The van der Waals surface area contributed by atoms with Crippen molar-refractivity contribution in [2.75, 3.05) is 10.2 Å². The van der Waals surface area contributed by atoms with Crippen LogP contribution in [0.4, 0.5) is 11.4 Å². The maximum atomic E-state index is 13.8. The van der Waals surface area contributed by atoms with Gasteiger partial charge < -0.3 is 9.73 Å². The lowest BCUT2D eigenvalue weighted by molar-refractivity contribution is -0.120. The molecule has 5 heteroatoms. The zero-order valence-corrected chi connectivity index (χ0v) is 18.6. The first-order valence-electron chi connectivity index (χ1n) is 11.7. The molecule has 1 amide bonds. The lowest BCUT2D eigenvalue weighted by Crippen LogP contribution is -2.39. The van der Waals surface area contributed by atoms with Crippen molar-refractivity contribution in [3.63, 3.8) is 0 Å². The molecule has 0 saturated heterocycles. The number of furan rings is 1. The van der Waals surface area contributed by atoms with Gasteiger partial charge in [-0.3, -0.25) is 14.5 Å². The number of fused-ring (bicyclic) bond motifs is 1. The quantitative estimate of drug-likeness (QED) is 0.553. The highest BCUT2D eigenvalue weighted by Crippen LogP contribution is 2.49. The molecule has 2 atom stereocenters. The van der Waals surface area contributed by atoms with E-state index in [2.05, 4.69) is 36.5 Å². The second-order valence-electron chi connectivity index (χ2n) is 9.37. The normalized spacial score (nSPS) is 22.3. The molecule has 2 aromatic carbocycles. The smallest absolute Gasteiger partial charge is 0.231 e. The van der Waals surface area contributed by atoms with Gasteiger partial charge in [-0.05, 0) is 61.9 Å². The molecule has 0 bridgehead atoms. The number of allylic oxidation sites excluding steroid dienone is 1. The Hall–Kier alpha value is -3.60. The van der Waals surface area contributed by atoms with Crippen molar-refractivity contribution in [1.82, 2.24) is 0 Å². The van der Waals surface area contributed by atoms with Gasteiger partial charge in [0.1, 0.15) is 11.8 Å². The monoisotopic (exact) mass is 438 g/mol. The van der Waals surface area contributed by atoms with Crippen LogP contribution in [0.5, 0.6) is 0 Å². The minimum atomic E-state index is -0.564. The fraction of sp³-hybridized carbons (Fsp3) is 0.286. The van der Waals surface area contributed by atoms with Crippen LogP contribution in [0.1, 0.15) is 54.5 Å². The Morgan fingerprint density at radius 2 is 1.79 bits per heavy atom. The Labute approximate surface area is 193 Å². The first kappa shape index (κ1) is 20.0. The lowest BCUT2D eigenvalue weighted by Gasteiger charge is -2.33. The summed E-state index contributed by atoms with van der Waals surface area (Å²) in [7, 11) is 0. The van der Waals surface area contributed by atoms with Crippen molar-refractivity contribution in [1.29, 1.82) is 0 Å². The number of nitrogens with one attached hydrogen (secondary N) is 1. The molecule has 1 saturated carbocycles. The van der Waals surface area contributed by atoms with Crippen LogP contribution in [0.2, 0.25) is 0 Å². The van der Waals surface area contributed by atoms with E-state index in [1.54, 1.807) is 6.26 Å². The highest BCUT2D eigenvalue weighted by Gasteiger charge is 2.45. The van der Waals surface area contributed by atoms with Gasteiger partial charge in [-0.25, -0.2) is 0 Å². The zero-order valence-electron chi connectivity index (χ0n) is 18.6. The highest BCUT2D eigenvalue weighted by molar-refractivity contribution is 6.07. The molecule has 1 aliphatic heterocycles. The molecule has 3 aromatic rings. The molecule has 3 aliphatic rings. The minimum Gasteiger partial charge on any atom is -0.467 e. The van der Waals surface area contributed by atoms with Gasteiger partial charge in [0.25, 0.3) is 0 Å². The predicted octanol–water partition coefficient (Wildman–Crippen LogP) is 5.90. The molecule has 1 aromatic heterocycles. The Morgan fingerprint density at radius 3 is 2.52 bits per heavy atom. The van der Waals surface area contributed by atoms with E-state index in [0.717, 1.165) is 29.9 Å². The number of ketones is 1. The van der Waals surface area contributed by atoms with Gasteiger partial charge in [-0.15, -0.1) is 0 Å². The molecular formula is C28H26N2O3. The maximum Gasteiger partial charge on any atom is 0.231 e. The van der Waals surface area contributed by atoms with E-state index in [1.165, 1.54) is 11.1 Å². The summed E-state index contributed by atoms with van der Waals surface area (Å²) in [6.45, 7) is 2.07. The van der Waals surface area contributed by atoms with Crippen molar-refractivity contribution < 1.29 is 14.0 Å². The summed E-state index contributed by atoms with van der Waals surface area (Å²) in [6, 6.07) is 19.4. The number of hydrogen-bond donors (Lipinski definition) is 1. The fourth-order valence-electron chi connectivity index (χ4n) is 5.15. The number of para-hydroxylation sites is 2. The van der Waals surface area contributed by atoms with Crippen LogP contribution in [-0.2, 0) is 9.59 Å². The molecule has 2 heterocycles. The van der Waals surface area contributed by atoms with Gasteiger partial charge in [-0.1, -0.05) is 42.0 Å². The number of amides is 1. The average molecular weight is 439 g/mol. The third kappa shape index (κ3) is 3.48. The molecule has 2 aliphatic carbocycles.